The molecule has 0 saturated carbocycles. The Morgan fingerprint density at radius 3 is 2.58 bits per heavy atom. The van der Waals surface area contributed by atoms with E-state index in [9.17, 15) is 9.59 Å². The van der Waals surface area contributed by atoms with Gasteiger partial charge < -0.3 is 19.9 Å². The second-order valence-corrected chi connectivity index (χ2v) is 4.07. The summed E-state index contributed by atoms with van der Waals surface area (Å²) in [5.41, 5.74) is 0.350. The zero-order valence-electron chi connectivity index (χ0n) is 10.5. The number of ether oxygens (including phenoxy) is 2. The smallest absolute Gasteiger partial charge is 0.330 e. The maximum absolute atomic E-state index is 11.4. The molecule has 1 atom stereocenters. The molecule has 0 spiro atoms. The number of methoxy groups -OCH3 is 2. The van der Waals surface area contributed by atoms with E-state index in [0.29, 0.717) is 11.3 Å². The van der Waals surface area contributed by atoms with Gasteiger partial charge in [0.25, 0.3) is 0 Å². The number of hydrogen-bond acceptors (Lipinski definition) is 4. The van der Waals surface area contributed by atoms with Crippen LogP contribution in [0.1, 0.15) is 11.6 Å². The van der Waals surface area contributed by atoms with E-state index < -0.39 is 17.9 Å². The molecule has 6 nitrogen and oxygen atoms in total. The molecular formula is C12H14ClNO5. The summed E-state index contributed by atoms with van der Waals surface area (Å²) >= 11 is 5.92. The molecule has 7 heteroatoms. The standard InChI is InChI=1S/C12H14ClNO5/c1-18-6-10(15)14-11(12(16)17)7-3-4-9(19-2)8(13)5-7/h3-5,11H,6H2,1-2H3,(H,14,15)(H,16,17). The van der Waals surface area contributed by atoms with Crippen LogP contribution in [-0.4, -0.2) is 37.8 Å². The zero-order valence-corrected chi connectivity index (χ0v) is 11.2. The normalized spacial score (nSPS) is 11.7. The molecule has 1 amide bonds. The monoisotopic (exact) mass is 287 g/mol. The Balaban J connectivity index is 2.96. The number of carboxylic acid groups (broad SMARTS) is 1. The van der Waals surface area contributed by atoms with Gasteiger partial charge in [-0.25, -0.2) is 4.79 Å². The van der Waals surface area contributed by atoms with Crippen molar-refractivity contribution in [2.24, 2.45) is 0 Å². The Hall–Kier alpha value is -1.79. The second-order valence-electron chi connectivity index (χ2n) is 3.67. The van der Waals surface area contributed by atoms with Crippen molar-refractivity contribution < 1.29 is 24.2 Å². The average molecular weight is 288 g/mol. The molecule has 0 saturated heterocycles. The fraction of sp³-hybridized carbons (Fsp3) is 0.333. The van der Waals surface area contributed by atoms with E-state index in [1.54, 1.807) is 0 Å². The summed E-state index contributed by atoms with van der Waals surface area (Å²) in [6, 6.07) is 3.31. The first-order valence-electron chi connectivity index (χ1n) is 5.34. The third-order valence-corrected chi connectivity index (χ3v) is 2.63. The number of benzene rings is 1. The van der Waals surface area contributed by atoms with Gasteiger partial charge in [0.2, 0.25) is 5.91 Å². The number of carbonyl (C=O) groups excluding carboxylic acids is 1. The molecule has 0 bridgehead atoms. The van der Waals surface area contributed by atoms with Gasteiger partial charge >= 0.3 is 5.97 Å². The molecule has 0 aliphatic rings. The molecule has 1 unspecified atom stereocenters. The maximum atomic E-state index is 11.4. The van der Waals surface area contributed by atoms with E-state index in [0.717, 1.165) is 0 Å². The van der Waals surface area contributed by atoms with Crippen LogP contribution >= 0.6 is 11.6 Å². The van der Waals surface area contributed by atoms with Gasteiger partial charge in [0.1, 0.15) is 12.4 Å². The SMILES string of the molecule is COCC(=O)NC(C(=O)O)c1ccc(OC)c(Cl)c1. The minimum atomic E-state index is -1.19. The van der Waals surface area contributed by atoms with Crippen molar-refractivity contribution in [3.8, 4) is 5.75 Å². The lowest BCUT2D eigenvalue weighted by Crippen LogP contribution is -2.35. The summed E-state index contributed by atoms with van der Waals surface area (Å²) < 4.78 is 9.60. The zero-order chi connectivity index (χ0) is 14.4. The minimum absolute atomic E-state index is 0.215. The topological polar surface area (TPSA) is 84.9 Å². The largest absolute Gasteiger partial charge is 0.495 e. The van der Waals surface area contributed by atoms with E-state index in [4.69, 9.17) is 21.4 Å². The highest BCUT2D eigenvalue weighted by Gasteiger charge is 2.22. The third kappa shape index (κ3) is 4.11. The van der Waals surface area contributed by atoms with Crippen LogP contribution in [0.2, 0.25) is 5.02 Å². The molecule has 104 valence electrons. The van der Waals surface area contributed by atoms with Gasteiger partial charge in [0, 0.05) is 7.11 Å². The van der Waals surface area contributed by atoms with E-state index in [-0.39, 0.29) is 11.6 Å². The predicted octanol–water partition coefficient (Wildman–Crippen LogP) is 1.24. The maximum Gasteiger partial charge on any atom is 0.330 e. The molecule has 1 aromatic carbocycles. The lowest BCUT2D eigenvalue weighted by Gasteiger charge is -2.15. The summed E-state index contributed by atoms with van der Waals surface area (Å²) in [7, 11) is 2.80. The van der Waals surface area contributed by atoms with E-state index in [1.165, 1.54) is 32.4 Å². The Morgan fingerprint density at radius 1 is 1.42 bits per heavy atom. The number of halogens is 1. The number of hydrogen-bond donors (Lipinski definition) is 2. The highest BCUT2D eigenvalue weighted by atomic mass is 35.5. The molecule has 0 radical (unpaired) electrons. The average Bonchev–Trinajstić information content (AvgIpc) is 2.36. The Morgan fingerprint density at radius 2 is 2.11 bits per heavy atom. The van der Waals surface area contributed by atoms with E-state index in [2.05, 4.69) is 10.1 Å². The molecule has 0 heterocycles. The van der Waals surface area contributed by atoms with Crippen molar-refractivity contribution in [1.29, 1.82) is 0 Å². The molecule has 2 N–H and O–H groups in total. The van der Waals surface area contributed by atoms with Crippen LogP contribution in [0.3, 0.4) is 0 Å². The quantitative estimate of drug-likeness (QED) is 0.822. The fourth-order valence-electron chi connectivity index (χ4n) is 1.48. The van der Waals surface area contributed by atoms with Crippen LogP contribution in [0.5, 0.6) is 5.75 Å². The molecule has 0 fully saturated rings. The molecule has 1 aromatic rings. The summed E-state index contributed by atoms with van der Waals surface area (Å²) in [5, 5.41) is 11.7. The summed E-state index contributed by atoms with van der Waals surface area (Å²) in [6.07, 6.45) is 0. The number of carboxylic acids is 1. The summed E-state index contributed by atoms with van der Waals surface area (Å²) in [5.74, 6) is -1.29. The number of carbonyl (C=O) groups is 2. The first kappa shape index (κ1) is 15.3. The lowest BCUT2D eigenvalue weighted by molar-refractivity contribution is -0.142. The van der Waals surface area contributed by atoms with Crippen LogP contribution in [0.4, 0.5) is 0 Å². The number of aliphatic carboxylic acids is 1. The molecule has 0 aromatic heterocycles. The molecule has 19 heavy (non-hydrogen) atoms. The third-order valence-electron chi connectivity index (χ3n) is 2.34. The van der Waals surface area contributed by atoms with Gasteiger partial charge in [0.15, 0.2) is 6.04 Å². The summed E-state index contributed by atoms with van der Waals surface area (Å²) in [6.45, 7) is -0.215. The highest BCUT2D eigenvalue weighted by molar-refractivity contribution is 6.32. The van der Waals surface area contributed by atoms with Gasteiger partial charge in [0.05, 0.1) is 12.1 Å². The number of rotatable bonds is 6. The van der Waals surface area contributed by atoms with Crippen LogP contribution in [-0.2, 0) is 14.3 Å². The van der Waals surface area contributed by atoms with Crippen LogP contribution in [0.15, 0.2) is 18.2 Å². The van der Waals surface area contributed by atoms with Crippen molar-refractivity contribution in [2.45, 2.75) is 6.04 Å². The van der Waals surface area contributed by atoms with E-state index >= 15 is 0 Å². The fourth-order valence-corrected chi connectivity index (χ4v) is 1.75. The van der Waals surface area contributed by atoms with Gasteiger partial charge in [-0.2, -0.15) is 0 Å². The minimum Gasteiger partial charge on any atom is -0.495 e. The Bertz CT molecular complexity index is 477. The molecular weight excluding hydrogens is 274 g/mol. The molecule has 0 aliphatic heterocycles. The van der Waals surface area contributed by atoms with Gasteiger partial charge in [-0.3, -0.25) is 4.79 Å². The predicted molar refractivity (Wildman–Crippen MR) is 68.4 cm³/mol. The number of amides is 1. The van der Waals surface area contributed by atoms with Gasteiger partial charge in [-0.05, 0) is 17.7 Å². The first-order chi connectivity index (χ1) is 8.99. The van der Waals surface area contributed by atoms with E-state index in [1.807, 2.05) is 0 Å². The summed E-state index contributed by atoms with van der Waals surface area (Å²) in [4.78, 5) is 22.6. The van der Waals surface area contributed by atoms with Crippen molar-refractivity contribution >= 4 is 23.5 Å². The second kappa shape index (κ2) is 6.96. The first-order valence-corrected chi connectivity index (χ1v) is 5.72. The van der Waals surface area contributed by atoms with Gasteiger partial charge in [-0.1, -0.05) is 17.7 Å². The molecule has 0 aliphatic carbocycles. The Kier molecular flexibility index (Phi) is 5.59. The lowest BCUT2D eigenvalue weighted by atomic mass is 10.1. The Labute approximate surface area is 115 Å². The number of nitrogens with one attached hydrogen (secondary N) is 1. The van der Waals surface area contributed by atoms with Crippen molar-refractivity contribution in [3.63, 3.8) is 0 Å². The van der Waals surface area contributed by atoms with Crippen molar-refractivity contribution in [3.05, 3.63) is 28.8 Å². The van der Waals surface area contributed by atoms with Crippen molar-refractivity contribution in [1.82, 2.24) is 5.32 Å². The van der Waals surface area contributed by atoms with Crippen LogP contribution in [0.25, 0.3) is 0 Å². The van der Waals surface area contributed by atoms with Gasteiger partial charge in [-0.15, -0.1) is 0 Å². The molecule has 1 rings (SSSR count). The van der Waals surface area contributed by atoms with Crippen LogP contribution < -0.4 is 10.1 Å². The van der Waals surface area contributed by atoms with Crippen molar-refractivity contribution in [2.75, 3.05) is 20.8 Å². The van der Waals surface area contributed by atoms with Crippen LogP contribution in [0, 0.1) is 0 Å². The highest BCUT2D eigenvalue weighted by Crippen LogP contribution is 2.27.